The molecule has 0 amide bonds. The van der Waals surface area contributed by atoms with Gasteiger partial charge in [0, 0.05) is 13.5 Å². The molecule has 4 nitrogen and oxygen atoms in total. The first-order chi connectivity index (χ1) is 6.77. The minimum Gasteiger partial charge on any atom is -0.293 e. The molecule has 4 heteroatoms. The normalized spacial score (nSPS) is 17.5. The molecule has 1 aliphatic rings. The lowest BCUT2D eigenvalue weighted by Gasteiger charge is -2.09. The van der Waals surface area contributed by atoms with Crippen LogP contribution in [-0.4, -0.2) is 20.8 Å². The molecule has 0 radical (unpaired) electrons. The Hall–Kier alpha value is -1.19. The standard InChI is InChI=1S/C10H15N3O/c1-8(14)10-6-11-12-13(10)7-9-4-2-3-5-9/h6,9H,2-5,7H2,1H3. The molecule has 0 bridgehead atoms. The van der Waals surface area contributed by atoms with E-state index in [0.29, 0.717) is 11.6 Å². The zero-order valence-electron chi connectivity index (χ0n) is 8.44. The van der Waals surface area contributed by atoms with E-state index < -0.39 is 0 Å². The van der Waals surface area contributed by atoms with Crippen LogP contribution >= 0.6 is 0 Å². The average molecular weight is 193 g/mol. The zero-order chi connectivity index (χ0) is 9.97. The van der Waals surface area contributed by atoms with Gasteiger partial charge in [0.1, 0.15) is 5.69 Å². The molecule has 0 atom stereocenters. The van der Waals surface area contributed by atoms with Gasteiger partial charge in [-0.05, 0) is 18.8 Å². The maximum absolute atomic E-state index is 11.2. The molecular weight excluding hydrogens is 178 g/mol. The molecule has 0 saturated heterocycles. The summed E-state index contributed by atoms with van der Waals surface area (Å²) in [5.74, 6) is 0.739. The summed E-state index contributed by atoms with van der Waals surface area (Å²) < 4.78 is 1.75. The van der Waals surface area contributed by atoms with Crippen LogP contribution in [-0.2, 0) is 6.54 Å². The van der Waals surface area contributed by atoms with Crippen molar-refractivity contribution < 1.29 is 4.79 Å². The number of Topliss-reactive ketones (excluding diaryl/α,β-unsaturated/α-hetero) is 1. The Morgan fingerprint density at radius 1 is 1.57 bits per heavy atom. The second kappa shape index (κ2) is 3.90. The first kappa shape index (κ1) is 9.37. The summed E-state index contributed by atoms with van der Waals surface area (Å²) in [7, 11) is 0. The Morgan fingerprint density at radius 2 is 2.29 bits per heavy atom. The molecule has 14 heavy (non-hydrogen) atoms. The van der Waals surface area contributed by atoms with Gasteiger partial charge in [0.15, 0.2) is 5.78 Å². The number of ketones is 1. The number of hydrogen-bond acceptors (Lipinski definition) is 3. The maximum atomic E-state index is 11.2. The monoisotopic (exact) mass is 193 g/mol. The Morgan fingerprint density at radius 3 is 2.93 bits per heavy atom. The van der Waals surface area contributed by atoms with Crippen LogP contribution in [0.15, 0.2) is 6.20 Å². The van der Waals surface area contributed by atoms with Gasteiger partial charge < -0.3 is 0 Å². The fraction of sp³-hybridized carbons (Fsp3) is 0.700. The molecule has 76 valence electrons. The van der Waals surface area contributed by atoms with E-state index in [9.17, 15) is 4.79 Å². The summed E-state index contributed by atoms with van der Waals surface area (Å²) in [5, 5.41) is 7.72. The minimum atomic E-state index is 0.0491. The van der Waals surface area contributed by atoms with E-state index in [4.69, 9.17) is 0 Å². The van der Waals surface area contributed by atoms with Crippen molar-refractivity contribution in [2.75, 3.05) is 0 Å². The lowest BCUT2D eigenvalue weighted by atomic mass is 10.1. The highest BCUT2D eigenvalue weighted by molar-refractivity contribution is 5.91. The van der Waals surface area contributed by atoms with Crippen LogP contribution in [0.5, 0.6) is 0 Å². The minimum absolute atomic E-state index is 0.0491. The molecule has 1 heterocycles. The van der Waals surface area contributed by atoms with Crippen molar-refractivity contribution in [2.45, 2.75) is 39.2 Å². The van der Waals surface area contributed by atoms with E-state index in [0.717, 1.165) is 6.54 Å². The predicted molar refractivity (Wildman–Crippen MR) is 52.0 cm³/mol. The molecule has 0 aromatic carbocycles. The van der Waals surface area contributed by atoms with Crippen molar-refractivity contribution in [3.05, 3.63) is 11.9 Å². The fourth-order valence-electron chi connectivity index (χ4n) is 2.10. The van der Waals surface area contributed by atoms with Gasteiger partial charge in [-0.15, -0.1) is 5.10 Å². The fourth-order valence-corrected chi connectivity index (χ4v) is 2.10. The molecule has 0 aliphatic heterocycles. The molecule has 0 N–H and O–H groups in total. The molecule has 1 saturated carbocycles. The summed E-state index contributed by atoms with van der Waals surface area (Å²) in [6.07, 6.45) is 6.70. The lowest BCUT2D eigenvalue weighted by Crippen LogP contribution is -2.13. The van der Waals surface area contributed by atoms with Crippen LogP contribution in [0, 0.1) is 5.92 Å². The summed E-state index contributed by atoms with van der Waals surface area (Å²) in [6, 6.07) is 0. The third kappa shape index (κ3) is 1.84. The van der Waals surface area contributed by atoms with Gasteiger partial charge in [-0.3, -0.25) is 4.79 Å². The number of hydrogen-bond donors (Lipinski definition) is 0. The third-order valence-electron chi connectivity index (χ3n) is 2.88. The molecular formula is C10H15N3O. The van der Waals surface area contributed by atoms with Crippen molar-refractivity contribution >= 4 is 5.78 Å². The lowest BCUT2D eigenvalue weighted by molar-refractivity contribution is 0.100. The van der Waals surface area contributed by atoms with Crippen molar-refractivity contribution in [1.29, 1.82) is 0 Å². The van der Waals surface area contributed by atoms with Crippen molar-refractivity contribution in [1.82, 2.24) is 15.0 Å². The summed E-state index contributed by atoms with van der Waals surface area (Å²) in [5.41, 5.74) is 0.636. The van der Waals surface area contributed by atoms with Crippen LogP contribution in [0.3, 0.4) is 0 Å². The molecule has 0 spiro atoms. The van der Waals surface area contributed by atoms with Gasteiger partial charge in [0.2, 0.25) is 0 Å². The topological polar surface area (TPSA) is 47.8 Å². The molecule has 1 aromatic heterocycles. The van der Waals surface area contributed by atoms with E-state index >= 15 is 0 Å². The molecule has 1 aliphatic carbocycles. The number of rotatable bonds is 3. The van der Waals surface area contributed by atoms with Crippen LogP contribution in [0.25, 0.3) is 0 Å². The number of nitrogens with zero attached hydrogens (tertiary/aromatic N) is 3. The largest absolute Gasteiger partial charge is 0.293 e. The first-order valence-electron chi connectivity index (χ1n) is 5.17. The summed E-state index contributed by atoms with van der Waals surface area (Å²) in [4.78, 5) is 11.2. The van der Waals surface area contributed by atoms with E-state index in [1.165, 1.54) is 25.7 Å². The third-order valence-corrected chi connectivity index (χ3v) is 2.88. The predicted octanol–water partition coefficient (Wildman–Crippen LogP) is 1.67. The van der Waals surface area contributed by atoms with Crippen LogP contribution in [0.1, 0.15) is 43.1 Å². The molecule has 1 aromatic rings. The van der Waals surface area contributed by atoms with E-state index in [-0.39, 0.29) is 5.78 Å². The smallest absolute Gasteiger partial charge is 0.179 e. The van der Waals surface area contributed by atoms with Gasteiger partial charge >= 0.3 is 0 Å². The van der Waals surface area contributed by atoms with Crippen LogP contribution in [0.4, 0.5) is 0 Å². The second-order valence-corrected chi connectivity index (χ2v) is 4.01. The summed E-state index contributed by atoms with van der Waals surface area (Å²) in [6.45, 7) is 2.42. The number of aromatic nitrogens is 3. The van der Waals surface area contributed by atoms with Crippen molar-refractivity contribution in [2.24, 2.45) is 5.92 Å². The van der Waals surface area contributed by atoms with Crippen molar-refractivity contribution in [3.63, 3.8) is 0 Å². The van der Waals surface area contributed by atoms with E-state index in [1.807, 2.05) is 0 Å². The van der Waals surface area contributed by atoms with Gasteiger partial charge in [0.05, 0.1) is 6.20 Å². The van der Waals surface area contributed by atoms with Gasteiger partial charge in [-0.2, -0.15) is 0 Å². The van der Waals surface area contributed by atoms with Gasteiger partial charge in [-0.1, -0.05) is 18.1 Å². The highest BCUT2D eigenvalue weighted by atomic mass is 16.1. The second-order valence-electron chi connectivity index (χ2n) is 4.01. The Bertz CT molecular complexity index is 326. The average Bonchev–Trinajstić information content (AvgIpc) is 2.75. The van der Waals surface area contributed by atoms with E-state index in [1.54, 1.807) is 17.8 Å². The SMILES string of the molecule is CC(=O)c1cnnn1CC1CCCC1. The van der Waals surface area contributed by atoms with Crippen molar-refractivity contribution in [3.8, 4) is 0 Å². The number of carbonyl (C=O) groups excluding carboxylic acids is 1. The van der Waals surface area contributed by atoms with E-state index in [2.05, 4.69) is 10.3 Å². The summed E-state index contributed by atoms with van der Waals surface area (Å²) >= 11 is 0. The maximum Gasteiger partial charge on any atom is 0.179 e. The number of carbonyl (C=O) groups is 1. The van der Waals surface area contributed by atoms with Crippen LogP contribution in [0.2, 0.25) is 0 Å². The van der Waals surface area contributed by atoms with Gasteiger partial charge in [0.25, 0.3) is 0 Å². The molecule has 1 fully saturated rings. The molecule has 2 rings (SSSR count). The highest BCUT2D eigenvalue weighted by Crippen LogP contribution is 2.26. The molecule has 0 unspecified atom stereocenters. The first-order valence-corrected chi connectivity index (χ1v) is 5.17. The zero-order valence-corrected chi connectivity index (χ0v) is 8.44. The Balaban J connectivity index is 2.07. The Kier molecular flexibility index (Phi) is 2.61. The Labute approximate surface area is 83.3 Å². The quantitative estimate of drug-likeness (QED) is 0.686. The highest BCUT2D eigenvalue weighted by Gasteiger charge is 2.18. The van der Waals surface area contributed by atoms with Crippen LogP contribution < -0.4 is 0 Å². The van der Waals surface area contributed by atoms with Gasteiger partial charge in [-0.25, -0.2) is 4.68 Å².